The summed E-state index contributed by atoms with van der Waals surface area (Å²) >= 11 is 0. The average Bonchev–Trinajstić information content (AvgIpc) is 3.22. The lowest BCUT2D eigenvalue weighted by molar-refractivity contribution is -0.146. The summed E-state index contributed by atoms with van der Waals surface area (Å²) in [6.45, 7) is 5.43. The summed E-state index contributed by atoms with van der Waals surface area (Å²) in [5.41, 5.74) is -1.10. The van der Waals surface area contributed by atoms with Crippen LogP contribution in [0.3, 0.4) is 0 Å². The minimum Gasteiger partial charge on any atom is -0.469 e. The number of nitrogens with one attached hydrogen (secondary N) is 1. The molecule has 1 aliphatic rings. The van der Waals surface area contributed by atoms with Gasteiger partial charge in [-0.25, -0.2) is 4.98 Å². The predicted octanol–water partition coefficient (Wildman–Crippen LogP) is 4.34. The Morgan fingerprint density at radius 3 is 2.32 bits per heavy atom. The van der Waals surface area contributed by atoms with Gasteiger partial charge < -0.3 is 19.7 Å². The highest BCUT2D eigenvalue weighted by atomic mass is 19.4. The van der Waals surface area contributed by atoms with Crippen molar-refractivity contribution < 1.29 is 32.6 Å². The summed E-state index contributed by atoms with van der Waals surface area (Å²) in [6, 6.07) is 4.78. The molecule has 0 radical (unpaired) electrons. The molecule has 0 aliphatic heterocycles. The second-order valence-corrected chi connectivity index (χ2v) is 10.1. The summed E-state index contributed by atoms with van der Waals surface area (Å²) in [6.07, 6.45) is -1.04. The normalized spacial score (nSPS) is 17.9. The zero-order chi connectivity index (χ0) is 28.1. The number of rotatable bonds is 7. The van der Waals surface area contributed by atoms with Crippen LogP contribution in [0.25, 0.3) is 0 Å². The van der Waals surface area contributed by atoms with Crippen molar-refractivity contribution in [2.75, 3.05) is 13.7 Å². The van der Waals surface area contributed by atoms with Crippen LogP contribution in [-0.2, 0) is 28.7 Å². The van der Waals surface area contributed by atoms with Crippen molar-refractivity contribution in [3.8, 4) is 11.8 Å². The minimum absolute atomic E-state index is 0.118. The molecule has 1 heterocycles. The molecule has 2 N–H and O–H groups in total. The van der Waals surface area contributed by atoms with E-state index in [1.54, 1.807) is 4.57 Å². The maximum Gasteiger partial charge on any atom is 0.416 e. The molecule has 1 aliphatic carbocycles. The summed E-state index contributed by atoms with van der Waals surface area (Å²) < 4.78 is 45.5. The summed E-state index contributed by atoms with van der Waals surface area (Å²) in [5, 5.41) is 13.0. The zero-order valence-corrected chi connectivity index (χ0v) is 22.1. The number of esters is 1. The lowest BCUT2D eigenvalue weighted by Gasteiger charge is -2.27. The molecule has 0 atom stereocenters. The molecule has 1 aromatic heterocycles. The SMILES string of the molecule is CCc1nc(C#CC(C)(C)O)c(C(=O)NCC2CCC(C(=O)OC)CC2)n1Cc1ccc(C(F)(F)F)cc1. The number of benzene rings is 1. The Kier molecular flexibility index (Phi) is 9.26. The summed E-state index contributed by atoms with van der Waals surface area (Å²) in [7, 11) is 1.38. The van der Waals surface area contributed by atoms with Crippen molar-refractivity contribution in [3.05, 3.63) is 52.6 Å². The smallest absolute Gasteiger partial charge is 0.416 e. The molecule has 1 saturated carbocycles. The van der Waals surface area contributed by atoms with E-state index in [0.29, 0.717) is 37.2 Å². The van der Waals surface area contributed by atoms with Gasteiger partial charge in [-0.2, -0.15) is 13.2 Å². The second-order valence-electron chi connectivity index (χ2n) is 10.1. The first-order valence-corrected chi connectivity index (χ1v) is 12.7. The van der Waals surface area contributed by atoms with E-state index in [9.17, 15) is 27.9 Å². The number of nitrogens with zero attached hydrogens (tertiary/aromatic N) is 2. The molecule has 7 nitrogen and oxygen atoms in total. The maximum absolute atomic E-state index is 13.5. The number of aryl methyl sites for hydroxylation is 1. The number of hydrogen-bond acceptors (Lipinski definition) is 5. The van der Waals surface area contributed by atoms with Gasteiger partial charge in [0.15, 0.2) is 0 Å². The van der Waals surface area contributed by atoms with Crippen LogP contribution in [-0.4, -0.2) is 45.8 Å². The number of methoxy groups -OCH3 is 1. The predicted molar refractivity (Wildman–Crippen MR) is 135 cm³/mol. The lowest BCUT2D eigenvalue weighted by Crippen LogP contribution is -2.34. The molecule has 0 bridgehead atoms. The van der Waals surface area contributed by atoms with Crippen LogP contribution < -0.4 is 5.32 Å². The van der Waals surface area contributed by atoms with Gasteiger partial charge in [0.1, 0.15) is 22.8 Å². The third-order valence-electron chi connectivity index (χ3n) is 6.62. The van der Waals surface area contributed by atoms with E-state index in [0.717, 1.165) is 25.0 Å². The largest absolute Gasteiger partial charge is 0.469 e. The lowest BCUT2D eigenvalue weighted by atomic mass is 9.82. The van der Waals surface area contributed by atoms with Gasteiger partial charge in [-0.15, -0.1) is 0 Å². The van der Waals surface area contributed by atoms with Crippen molar-refractivity contribution in [3.63, 3.8) is 0 Å². The van der Waals surface area contributed by atoms with Gasteiger partial charge in [-0.1, -0.05) is 25.0 Å². The van der Waals surface area contributed by atoms with E-state index in [-0.39, 0.29) is 35.7 Å². The Bertz CT molecular complexity index is 1190. The summed E-state index contributed by atoms with van der Waals surface area (Å²) in [5.74, 6) is 5.53. The fourth-order valence-corrected chi connectivity index (χ4v) is 4.54. The van der Waals surface area contributed by atoms with E-state index >= 15 is 0 Å². The first kappa shape index (κ1) is 29.2. The zero-order valence-electron chi connectivity index (χ0n) is 22.1. The summed E-state index contributed by atoms with van der Waals surface area (Å²) in [4.78, 5) is 29.8. The Morgan fingerprint density at radius 1 is 1.16 bits per heavy atom. The molecule has 0 unspecified atom stereocenters. The molecule has 1 aromatic carbocycles. The van der Waals surface area contributed by atoms with Gasteiger partial charge in [0, 0.05) is 19.5 Å². The van der Waals surface area contributed by atoms with Crippen molar-refractivity contribution in [1.29, 1.82) is 0 Å². The van der Waals surface area contributed by atoms with Crippen LogP contribution in [0.2, 0.25) is 0 Å². The van der Waals surface area contributed by atoms with Crippen LogP contribution in [0.4, 0.5) is 13.2 Å². The molecule has 1 fully saturated rings. The molecule has 2 aromatic rings. The molecular formula is C28H34F3N3O4. The molecule has 0 spiro atoms. The Hall–Kier alpha value is -3.32. The second kappa shape index (κ2) is 12.0. The van der Waals surface area contributed by atoms with Crippen molar-refractivity contribution in [2.24, 2.45) is 11.8 Å². The van der Waals surface area contributed by atoms with Crippen LogP contribution in [0, 0.1) is 23.7 Å². The van der Waals surface area contributed by atoms with Gasteiger partial charge >= 0.3 is 12.1 Å². The van der Waals surface area contributed by atoms with Crippen molar-refractivity contribution >= 4 is 11.9 Å². The standard InChI is InChI=1S/C28H34F3N3O4/c1-5-23-33-22(14-15-27(2,3)37)24(34(23)17-19-8-12-21(13-9-19)28(29,30)31)25(35)32-16-18-6-10-20(11-7-18)26(36)38-4/h8-9,12-13,18,20,37H,5-7,10-11,16-17H2,1-4H3,(H,32,35). The number of aromatic nitrogens is 2. The van der Waals surface area contributed by atoms with Gasteiger partial charge in [-0.05, 0) is 69.1 Å². The van der Waals surface area contributed by atoms with E-state index in [4.69, 9.17) is 4.74 Å². The molecule has 10 heteroatoms. The topological polar surface area (TPSA) is 93.5 Å². The van der Waals surface area contributed by atoms with Crippen molar-refractivity contribution in [1.82, 2.24) is 14.9 Å². The highest BCUT2D eigenvalue weighted by Crippen LogP contribution is 2.30. The van der Waals surface area contributed by atoms with E-state index in [1.807, 2.05) is 6.92 Å². The first-order chi connectivity index (χ1) is 17.8. The molecular weight excluding hydrogens is 499 g/mol. The number of halogens is 3. The van der Waals surface area contributed by atoms with Gasteiger partial charge in [0.2, 0.25) is 0 Å². The fourth-order valence-electron chi connectivity index (χ4n) is 4.54. The minimum atomic E-state index is -4.44. The number of imidazole rings is 1. The van der Waals surface area contributed by atoms with Crippen LogP contribution in [0.1, 0.15) is 79.6 Å². The third-order valence-corrected chi connectivity index (χ3v) is 6.62. The van der Waals surface area contributed by atoms with Crippen molar-refractivity contribution in [2.45, 2.75) is 71.2 Å². The molecule has 38 heavy (non-hydrogen) atoms. The number of alkyl halides is 3. The first-order valence-electron chi connectivity index (χ1n) is 12.7. The molecule has 1 amide bonds. The number of aliphatic hydroxyl groups is 1. The fraction of sp³-hybridized carbons (Fsp3) is 0.536. The van der Waals surface area contributed by atoms with Crippen LogP contribution in [0.15, 0.2) is 24.3 Å². The third kappa shape index (κ3) is 7.60. The Labute approximate surface area is 220 Å². The number of ether oxygens (including phenoxy) is 1. The Morgan fingerprint density at radius 2 is 1.79 bits per heavy atom. The van der Waals surface area contributed by atoms with E-state index < -0.39 is 23.2 Å². The van der Waals surface area contributed by atoms with Crippen LogP contribution >= 0.6 is 0 Å². The molecule has 206 valence electrons. The number of amides is 1. The van der Waals surface area contributed by atoms with E-state index in [1.165, 1.54) is 33.1 Å². The maximum atomic E-state index is 13.5. The van der Waals surface area contributed by atoms with Gasteiger partial charge in [0.05, 0.1) is 18.6 Å². The monoisotopic (exact) mass is 533 g/mol. The van der Waals surface area contributed by atoms with E-state index in [2.05, 4.69) is 22.1 Å². The number of carbonyl (C=O) groups excluding carboxylic acids is 2. The number of hydrogen-bond donors (Lipinski definition) is 2. The molecule has 3 rings (SSSR count). The average molecular weight is 534 g/mol. The quantitative estimate of drug-likeness (QED) is 0.408. The highest BCUT2D eigenvalue weighted by Gasteiger charge is 2.31. The Balaban J connectivity index is 1.86. The van der Waals surface area contributed by atoms with Crippen LogP contribution in [0.5, 0.6) is 0 Å². The van der Waals surface area contributed by atoms with Gasteiger partial charge in [0.25, 0.3) is 5.91 Å². The molecule has 0 saturated heterocycles. The van der Waals surface area contributed by atoms with Gasteiger partial charge in [-0.3, -0.25) is 9.59 Å². The highest BCUT2D eigenvalue weighted by molar-refractivity contribution is 5.95. The number of carbonyl (C=O) groups is 2.